The van der Waals surface area contributed by atoms with Gasteiger partial charge in [-0.2, -0.15) is 0 Å². The van der Waals surface area contributed by atoms with E-state index in [9.17, 15) is 0 Å². The van der Waals surface area contributed by atoms with E-state index in [1.807, 2.05) is 18.2 Å². The minimum atomic E-state index is 0.750. The van der Waals surface area contributed by atoms with Crippen molar-refractivity contribution in [2.45, 2.75) is 27.2 Å². The molecule has 2 nitrogen and oxygen atoms in total. The van der Waals surface area contributed by atoms with Gasteiger partial charge in [-0.1, -0.05) is 55.4 Å². The van der Waals surface area contributed by atoms with E-state index in [4.69, 9.17) is 11.6 Å². The van der Waals surface area contributed by atoms with Crippen LogP contribution in [0.4, 0.5) is 5.69 Å². The van der Waals surface area contributed by atoms with Gasteiger partial charge < -0.3 is 9.47 Å². The Labute approximate surface area is 174 Å². The van der Waals surface area contributed by atoms with Crippen LogP contribution in [0.1, 0.15) is 31.5 Å². The molecular formula is C25H29ClN2. The molecule has 0 aliphatic carbocycles. The van der Waals surface area contributed by atoms with Gasteiger partial charge in [-0.15, -0.1) is 0 Å². The topological polar surface area (TPSA) is 8.17 Å². The lowest BCUT2D eigenvalue weighted by Crippen LogP contribution is -2.23. The van der Waals surface area contributed by atoms with Gasteiger partial charge in [0.2, 0.25) is 0 Å². The predicted molar refractivity (Wildman–Crippen MR) is 124 cm³/mol. The lowest BCUT2D eigenvalue weighted by atomic mass is 9.96. The molecule has 0 aliphatic rings. The maximum atomic E-state index is 6.13. The molecule has 2 aromatic carbocycles. The second-order valence-corrected chi connectivity index (χ2v) is 7.56. The molecule has 3 aromatic rings. The smallest absolute Gasteiger partial charge is 0.0565 e. The van der Waals surface area contributed by atoms with Crippen LogP contribution in [0.2, 0.25) is 5.02 Å². The van der Waals surface area contributed by atoms with Crippen molar-refractivity contribution in [3.8, 4) is 22.4 Å². The van der Waals surface area contributed by atoms with Gasteiger partial charge in [-0.3, -0.25) is 0 Å². The average Bonchev–Trinajstić information content (AvgIpc) is 2.97. The summed E-state index contributed by atoms with van der Waals surface area (Å²) in [5.41, 5.74) is 8.45. The fourth-order valence-corrected chi connectivity index (χ4v) is 4.04. The summed E-state index contributed by atoms with van der Waals surface area (Å²) in [4.78, 5) is 2.43. The van der Waals surface area contributed by atoms with Crippen molar-refractivity contribution in [3.63, 3.8) is 0 Å². The molecule has 0 aliphatic heterocycles. The Morgan fingerprint density at radius 3 is 2.39 bits per heavy atom. The van der Waals surface area contributed by atoms with Crippen LogP contribution >= 0.6 is 11.6 Å². The number of anilines is 1. The summed E-state index contributed by atoms with van der Waals surface area (Å²) in [6.07, 6.45) is 3.11. The first kappa shape index (κ1) is 20.3. The largest absolute Gasteiger partial charge is 0.372 e. The molecule has 0 unspecified atom stereocenters. The van der Waals surface area contributed by atoms with E-state index in [1.54, 1.807) is 0 Å². The molecule has 0 radical (unpaired) electrons. The maximum Gasteiger partial charge on any atom is 0.0565 e. The highest BCUT2D eigenvalue weighted by atomic mass is 35.5. The second-order valence-electron chi connectivity index (χ2n) is 7.12. The molecule has 1 heterocycles. The number of hydrogen-bond acceptors (Lipinski definition) is 1. The lowest BCUT2D eigenvalue weighted by molar-refractivity contribution is 0.792. The van der Waals surface area contributed by atoms with Crippen molar-refractivity contribution in [1.82, 2.24) is 4.57 Å². The summed E-state index contributed by atoms with van der Waals surface area (Å²) in [5, 5.41) is 0.750. The Balaban J connectivity index is 2.23. The third-order valence-corrected chi connectivity index (χ3v) is 5.68. The van der Waals surface area contributed by atoms with E-state index in [-0.39, 0.29) is 0 Å². The number of rotatable bonds is 7. The van der Waals surface area contributed by atoms with E-state index in [0.717, 1.165) is 30.1 Å². The molecule has 1 aromatic heterocycles. The maximum absolute atomic E-state index is 6.13. The van der Waals surface area contributed by atoms with Gasteiger partial charge in [-0.05, 0) is 55.7 Å². The van der Waals surface area contributed by atoms with Crippen molar-refractivity contribution >= 4 is 23.4 Å². The summed E-state index contributed by atoms with van der Waals surface area (Å²) >= 11 is 6.13. The van der Waals surface area contributed by atoms with Gasteiger partial charge in [0, 0.05) is 47.7 Å². The third-order valence-electron chi connectivity index (χ3n) is 5.43. The van der Waals surface area contributed by atoms with E-state index >= 15 is 0 Å². The standard InChI is InChI=1S/C25H29ClN2/c1-6-16-28(8-3)22-11-9-10-20(17-22)24-23(7-2)18(4)27(5)25(24)19-12-14-21(26)15-13-19/h7,9-15,17H,2,6,8,16H2,1,3-5H3. The third kappa shape index (κ3) is 3.74. The molecule has 3 heteroatoms. The molecular weight excluding hydrogens is 364 g/mol. The fourth-order valence-electron chi connectivity index (χ4n) is 3.91. The molecule has 0 amide bonds. The summed E-state index contributed by atoms with van der Waals surface area (Å²) < 4.78 is 2.26. The van der Waals surface area contributed by atoms with Gasteiger partial charge in [0.05, 0.1) is 5.69 Å². The van der Waals surface area contributed by atoms with Crippen LogP contribution < -0.4 is 4.90 Å². The molecule has 146 valence electrons. The highest BCUT2D eigenvalue weighted by Crippen LogP contribution is 2.40. The molecule has 28 heavy (non-hydrogen) atoms. The predicted octanol–water partition coefficient (Wildman–Crippen LogP) is 7.20. The van der Waals surface area contributed by atoms with Crippen molar-refractivity contribution in [3.05, 3.63) is 71.4 Å². The quantitative estimate of drug-likeness (QED) is 0.412. The van der Waals surface area contributed by atoms with Crippen molar-refractivity contribution in [1.29, 1.82) is 0 Å². The van der Waals surface area contributed by atoms with Crippen LogP contribution in [0.5, 0.6) is 0 Å². The highest BCUT2D eigenvalue weighted by Gasteiger charge is 2.20. The van der Waals surface area contributed by atoms with Crippen molar-refractivity contribution in [2.75, 3.05) is 18.0 Å². The van der Waals surface area contributed by atoms with Crippen LogP contribution in [0.3, 0.4) is 0 Å². The zero-order valence-electron chi connectivity index (χ0n) is 17.3. The highest BCUT2D eigenvalue weighted by molar-refractivity contribution is 6.30. The summed E-state index contributed by atoms with van der Waals surface area (Å²) in [6, 6.07) is 16.9. The Bertz CT molecular complexity index is 967. The summed E-state index contributed by atoms with van der Waals surface area (Å²) in [7, 11) is 2.12. The summed E-state index contributed by atoms with van der Waals surface area (Å²) in [5.74, 6) is 0. The van der Waals surface area contributed by atoms with E-state index < -0.39 is 0 Å². The molecule has 0 atom stereocenters. The Hall–Kier alpha value is -2.45. The van der Waals surface area contributed by atoms with Crippen LogP contribution in [-0.4, -0.2) is 17.7 Å². The monoisotopic (exact) mass is 392 g/mol. The van der Waals surface area contributed by atoms with Gasteiger partial charge >= 0.3 is 0 Å². The summed E-state index contributed by atoms with van der Waals surface area (Å²) in [6.45, 7) is 12.8. The number of benzene rings is 2. The number of halogens is 1. The second kappa shape index (κ2) is 8.70. The van der Waals surface area contributed by atoms with Crippen molar-refractivity contribution in [2.24, 2.45) is 7.05 Å². The SMILES string of the molecule is C=Cc1c(-c2cccc(N(CC)CCC)c2)c(-c2ccc(Cl)cc2)n(C)c1C. The normalized spacial score (nSPS) is 10.9. The van der Waals surface area contributed by atoms with Gasteiger partial charge in [0.25, 0.3) is 0 Å². The molecule has 0 bridgehead atoms. The van der Waals surface area contributed by atoms with E-state index in [0.29, 0.717) is 0 Å². The van der Waals surface area contributed by atoms with E-state index in [2.05, 4.69) is 80.3 Å². The fraction of sp³-hybridized carbons (Fsp3) is 0.280. The molecule has 0 N–H and O–H groups in total. The van der Waals surface area contributed by atoms with Crippen LogP contribution in [0.15, 0.2) is 55.1 Å². The van der Waals surface area contributed by atoms with Crippen LogP contribution in [0.25, 0.3) is 28.5 Å². The minimum Gasteiger partial charge on any atom is -0.372 e. The Kier molecular flexibility index (Phi) is 6.31. The van der Waals surface area contributed by atoms with Gasteiger partial charge in [-0.25, -0.2) is 0 Å². The number of aromatic nitrogens is 1. The molecule has 0 spiro atoms. The van der Waals surface area contributed by atoms with Gasteiger partial charge in [0.1, 0.15) is 0 Å². The van der Waals surface area contributed by atoms with Crippen molar-refractivity contribution < 1.29 is 0 Å². The van der Waals surface area contributed by atoms with E-state index in [1.165, 1.54) is 33.8 Å². The molecule has 3 rings (SSSR count). The zero-order chi connectivity index (χ0) is 20.3. The first-order valence-corrected chi connectivity index (χ1v) is 10.3. The molecule has 0 saturated heterocycles. The lowest BCUT2D eigenvalue weighted by Gasteiger charge is -2.23. The minimum absolute atomic E-state index is 0.750. The number of nitrogens with zero attached hydrogens (tertiary/aromatic N) is 2. The number of hydrogen-bond donors (Lipinski definition) is 0. The van der Waals surface area contributed by atoms with Gasteiger partial charge in [0.15, 0.2) is 0 Å². The van der Waals surface area contributed by atoms with Crippen LogP contribution in [0, 0.1) is 6.92 Å². The first-order chi connectivity index (χ1) is 13.5. The molecule has 0 fully saturated rings. The Morgan fingerprint density at radius 2 is 1.79 bits per heavy atom. The first-order valence-electron chi connectivity index (χ1n) is 9.94. The zero-order valence-corrected chi connectivity index (χ0v) is 18.1. The van der Waals surface area contributed by atoms with Crippen LogP contribution in [-0.2, 0) is 7.05 Å². The molecule has 0 saturated carbocycles. The Morgan fingerprint density at radius 1 is 1.07 bits per heavy atom. The average molecular weight is 393 g/mol.